The lowest BCUT2D eigenvalue weighted by Gasteiger charge is -2.03. The second-order valence-corrected chi connectivity index (χ2v) is 3.71. The van der Waals surface area contributed by atoms with Gasteiger partial charge in [-0.2, -0.15) is 14.7 Å². The number of hydrogen-bond donors (Lipinski definition) is 5. The zero-order valence-corrected chi connectivity index (χ0v) is 6.96. The fourth-order valence-corrected chi connectivity index (χ4v) is 0.401. The Balaban J connectivity index is 3.65. The average Bonchev–Trinajstić information content (AvgIpc) is 1.84. The lowest BCUT2D eigenvalue weighted by atomic mass is 14.5. The molecule has 0 rings (SSSR count). The van der Waals surface area contributed by atoms with Gasteiger partial charge in [-0.15, -0.1) is 4.67 Å². The number of hydrogen-bond acceptors (Lipinski definition) is 9. The molecule has 0 bridgehead atoms. The second kappa shape index (κ2) is 4.51. The van der Waals surface area contributed by atoms with Gasteiger partial charge in [0.15, 0.2) is 0 Å². The molecule has 0 amide bonds. The molecule has 1 atom stereocenters. The van der Waals surface area contributed by atoms with E-state index in [1.165, 1.54) is 0 Å². The predicted octanol–water partition coefficient (Wildman–Crippen LogP) is -0.889. The molecule has 12 heavy (non-hydrogen) atoms. The maximum Gasteiger partial charge on any atom is 0.601 e. The Kier molecular flexibility index (Phi) is 4.62. The minimum Gasteiger partial charge on any atom is -0.299 e. The summed E-state index contributed by atoms with van der Waals surface area (Å²) in [6, 6.07) is 0. The van der Waals surface area contributed by atoms with Crippen LogP contribution in [0, 0.1) is 0 Å². The molecule has 0 aliphatic heterocycles. The van der Waals surface area contributed by atoms with Gasteiger partial charge >= 0.3 is 16.0 Å². The molecule has 0 radical (unpaired) electrons. The van der Waals surface area contributed by atoms with Gasteiger partial charge < -0.3 is 0 Å². The predicted molar refractivity (Wildman–Crippen MR) is 30.4 cm³/mol. The van der Waals surface area contributed by atoms with Crippen LogP contribution in [0.2, 0.25) is 0 Å². The van der Waals surface area contributed by atoms with Crippen molar-refractivity contribution >= 4 is 16.0 Å². The van der Waals surface area contributed by atoms with Crippen molar-refractivity contribution in [2.45, 2.75) is 0 Å². The van der Waals surface area contributed by atoms with Gasteiger partial charge in [0, 0.05) is 0 Å². The minimum absolute atomic E-state index is 2.80. The molecule has 12 heteroatoms. The monoisotopic (exact) mass is 227 g/mol. The molecule has 0 spiro atoms. The van der Waals surface area contributed by atoms with Crippen molar-refractivity contribution in [1.29, 1.82) is 0 Å². The third kappa shape index (κ3) is 6.98. The van der Waals surface area contributed by atoms with E-state index < -0.39 is 16.0 Å². The van der Waals surface area contributed by atoms with Crippen molar-refractivity contribution in [2.24, 2.45) is 0 Å². The van der Waals surface area contributed by atoms with Gasteiger partial charge in [0.2, 0.25) is 0 Å². The molecule has 0 aromatic carbocycles. The Morgan fingerprint density at radius 3 is 2.08 bits per heavy atom. The quantitative estimate of drug-likeness (QED) is 0.227. The average molecular weight is 227 g/mol. The molecule has 0 aromatic rings. The van der Waals surface area contributed by atoms with E-state index in [9.17, 15) is 4.57 Å². The molecule has 0 saturated heterocycles. The summed E-state index contributed by atoms with van der Waals surface area (Å²) < 4.78 is 19.3. The summed E-state index contributed by atoms with van der Waals surface area (Å²) in [7, 11) is -9.60. The van der Waals surface area contributed by atoms with Gasteiger partial charge in [-0.25, -0.2) is 9.82 Å². The Bertz CT molecular complexity index is 165. The van der Waals surface area contributed by atoms with Crippen molar-refractivity contribution in [3.8, 4) is 0 Å². The Morgan fingerprint density at radius 1 is 1.25 bits per heavy atom. The highest BCUT2D eigenvalue weighted by Gasteiger charge is 2.38. The van der Waals surface area contributed by atoms with Crippen molar-refractivity contribution in [1.82, 2.24) is 0 Å². The molecule has 0 saturated carbocycles. The van der Waals surface area contributed by atoms with Crippen LogP contribution in [0.15, 0.2) is 0 Å². The summed E-state index contributed by atoms with van der Waals surface area (Å²) in [6.45, 7) is 0. The third-order valence-electron chi connectivity index (χ3n) is 0.358. The molecule has 0 aliphatic carbocycles. The van der Waals surface area contributed by atoms with E-state index in [4.69, 9.17) is 24.8 Å². The number of phosphoric acid groups is 1. The van der Waals surface area contributed by atoms with Gasteiger partial charge in [0.1, 0.15) is 0 Å². The van der Waals surface area contributed by atoms with Crippen molar-refractivity contribution < 1.29 is 48.5 Å². The first kappa shape index (κ1) is 12.3. The first-order chi connectivity index (χ1) is 5.27. The van der Waals surface area contributed by atoms with Gasteiger partial charge in [0.25, 0.3) is 0 Å². The molecular formula is H5O10P2+. The second-order valence-electron chi connectivity index (χ2n) is 1.28. The molecule has 5 N–H and O–H groups in total. The summed E-state index contributed by atoms with van der Waals surface area (Å²) in [5, 5.41) is 10.7. The van der Waals surface area contributed by atoms with E-state index in [1.54, 1.807) is 0 Å². The first-order valence-corrected chi connectivity index (χ1v) is 5.11. The fraction of sp³-hybridized carbons (Fsp3) is 0. The normalized spacial score (nSPS) is 17.4. The Labute approximate surface area is 65.6 Å². The van der Waals surface area contributed by atoms with Crippen LogP contribution in [0.25, 0.3) is 0 Å². The molecule has 0 aromatic heterocycles. The zero-order chi connectivity index (χ0) is 9.83. The van der Waals surface area contributed by atoms with E-state index in [0.29, 0.717) is 0 Å². The van der Waals surface area contributed by atoms with Crippen molar-refractivity contribution in [2.75, 3.05) is 0 Å². The molecule has 74 valence electrons. The van der Waals surface area contributed by atoms with E-state index in [-0.39, 0.29) is 0 Å². The van der Waals surface area contributed by atoms with Crippen LogP contribution >= 0.6 is 16.0 Å². The van der Waals surface area contributed by atoms with E-state index >= 15 is 0 Å². The molecule has 0 fully saturated rings. The maximum absolute atomic E-state index is 10.1. The van der Waals surface area contributed by atoms with E-state index in [2.05, 4.69) is 19.1 Å². The summed E-state index contributed by atoms with van der Waals surface area (Å²) in [4.78, 5) is 32.2. The smallest absolute Gasteiger partial charge is 0.299 e. The Hall–Kier alpha value is 0.300. The van der Waals surface area contributed by atoms with Crippen molar-refractivity contribution in [3.63, 3.8) is 0 Å². The lowest BCUT2D eigenvalue weighted by molar-refractivity contribution is -0.435. The van der Waals surface area contributed by atoms with E-state index in [1.807, 2.05) is 0 Å². The summed E-state index contributed by atoms with van der Waals surface area (Å²) in [5.41, 5.74) is 0. The highest BCUT2D eigenvalue weighted by Crippen LogP contribution is 2.49. The van der Waals surface area contributed by atoms with Crippen LogP contribution in [0.3, 0.4) is 0 Å². The minimum atomic E-state index is -4.87. The summed E-state index contributed by atoms with van der Waals surface area (Å²) in [5.74, 6) is 0. The van der Waals surface area contributed by atoms with Crippen LogP contribution in [-0.4, -0.2) is 24.8 Å². The summed E-state index contributed by atoms with van der Waals surface area (Å²) >= 11 is 0. The van der Waals surface area contributed by atoms with E-state index in [0.717, 1.165) is 0 Å². The first-order valence-electron chi connectivity index (χ1n) is 2.05. The van der Waals surface area contributed by atoms with Crippen LogP contribution in [-0.2, 0) is 23.6 Å². The van der Waals surface area contributed by atoms with Crippen LogP contribution in [0.4, 0.5) is 0 Å². The fourth-order valence-electron chi connectivity index (χ4n) is 0.106. The summed E-state index contributed by atoms with van der Waals surface area (Å²) in [6.07, 6.45) is 0. The van der Waals surface area contributed by atoms with Crippen LogP contribution in [0.5, 0.6) is 0 Å². The molecule has 0 aliphatic rings. The topological polar surface area (TPSA) is 155 Å². The SMILES string of the molecule is O=P(O)(OO)OOO[P+](O)(O)O. The molecule has 10 nitrogen and oxygen atoms in total. The highest BCUT2D eigenvalue weighted by molar-refractivity contribution is 7.53. The van der Waals surface area contributed by atoms with Crippen molar-refractivity contribution in [3.05, 3.63) is 0 Å². The highest BCUT2D eigenvalue weighted by atomic mass is 31.2. The van der Waals surface area contributed by atoms with Gasteiger partial charge in [-0.3, -0.25) is 4.89 Å². The number of rotatable bonds is 5. The van der Waals surface area contributed by atoms with Crippen LogP contribution in [0.1, 0.15) is 0 Å². The largest absolute Gasteiger partial charge is 0.601 e. The standard InChI is InChI=1S/H4O10P2/c1-7-12(5,6)10-8-9-11(2,3)4/h2-4H,(H-,1,5,6)/p+1. The molecular weight excluding hydrogens is 222 g/mol. The third-order valence-corrected chi connectivity index (χ3v) is 1.07. The molecule has 1 unspecified atom stereocenters. The lowest BCUT2D eigenvalue weighted by Crippen LogP contribution is -1.98. The molecule has 0 heterocycles. The van der Waals surface area contributed by atoms with Crippen LogP contribution < -0.4 is 0 Å². The maximum atomic E-state index is 10.1. The zero-order valence-electron chi connectivity index (χ0n) is 5.17. The van der Waals surface area contributed by atoms with Gasteiger partial charge in [-0.05, 0) is 5.04 Å². The van der Waals surface area contributed by atoms with Gasteiger partial charge in [-0.1, -0.05) is 4.67 Å². The van der Waals surface area contributed by atoms with Gasteiger partial charge in [0.05, 0.1) is 4.67 Å². The Morgan fingerprint density at radius 2 is 1.75 bits per heavy atom.